The largest absolute Gasteiger partial charge is 0.310 e. The van der Waals surface area contributed by atoms with Gasteiger partial charge in [-0.05, 0) is 127 Å². The molecule has 2 aliphatic carbocycles. The molecule has 1 spiro atoms. The van der Waals surface area contributed by atoms with E-state index in [2.05, 4.69) is 219 Å². The van der Waals surface area contributed by atoms with Crippen molar-refractivity contribution in [3.8, 4) is 33.4 Å². The van der Waals surface area contributed by atoms with E-state index in [1.165, 1.54) is 105 Å². The first kappa shape index (κ1) is 33.0. The van der Waals surface area contributed by atoms with E-state index in [1.807, 2.05) is 0 Å². The van der Waals surface area contributed by atoms with Gasteiger partial charge < -0.3 is 4.90 Å². The Hall–Kier alpha value is -7.22. The lowest BCUT2D eigenvalue weighted by Crippen LogP contribution is -2.26. The lowest BCUT2D eigenvalue weighted by molar-refractivity contribution is 0.791. The Kier molecular flexibility index (Phi) is 7.04. The number of anilines is 3. The zero-order valence-electron chi connectivity index (χ0n) is 32.5. The minimum Gasteiger partial charge on any atom is -0.310 e. The number of rotatable bonds is 4. The number of hydrogen-bond acceptors (Lipinski definition) is 1. The van der Waals surface area contributed by atoms with Crippen molar-refractivity contribution in [2.45, 2.75) is 19.3 Å². The second-order valence-corrected chi connectivity index (χ2v) is 16.2. The van der Waals surface area contributed by atoms with Gasteiger partial charge in [0.2, 0.25) is 0 Å². The van der Waals surface area contributed by atoms with Crippen LogP contribution in [0.5, 0.6) is 0 Å². The molecule has 0 amide bonds. The van der Waals surface area contributed by atoms with Gasteiger partial charge in [-0.15, -0.1) is 0 Å². The summed E-state index contributed by atoms with van der Waals surface area (Å²) in [6.45, 7) is 4.46. The minimum absolute atomic E-state index is 0.439. The van der Waals surface area contributed by atoms with Crippen LogP contribution in [-0.2, 0) is 5.41 Å². The topological polar surface area (TPSA) is 3.24 Å². The molecule has 58 heavy (non-hydrogen) atoms. The highest BCUT2D eigenvalue weighted by Crippen LogP contribution is 2.65. The molecule has 0 unspecified atom stereocenters. The molecule has 0 saturated heterocycles. The van der Waals surface area contributed by atoms with Crippen LogP contribution in [0.4, 0.5) is 17.1 Å². The Morgan fingerprint density at radius 2 is 0.845 bits per heavy atom. The highest BCUT2D eigenvalue weighted by Gasteiger charge is 2.52. The number of hydrogen-bond donors (Lipinski definition) is 0. The molecule has 1 nitrogen and oxygen atoms in total. The summed E-state index contributed by atoms with van der Waals surface area (Å²) in [5, 5.41) is 7.64. The maximum absolute atomic E-state index is 2.51. The maximum Gasteiger partial charge on any atom is 0.0726 e. The fourth-order valence-electron chi connectivity index (χ4n) is 10.5. The molecule has 10 aromatic carbocycles. The lowest BCUT2D eigenvalue weighted by atomic mass is 9.70. The quantitative estimate of drug-likeness (QED) is 0.163. The molecule has 0 atom stereocenters. The van der Waals surface area contributed by atoms with Crippen LogP contribution in [0.25, 0.3) is 65.7 Å². The third kappa shape index (κ3) is 4.53. The molecule has 0 N–H and O–H groups in total. The van der Waals surface area contributed by atoms with Crippen molar-refractivity contribution in [2.24, 2.45) is 0 Å². The van der Waals surface area contributed by atoms with Crippen LogP contribution in [0.3, 0.4) is 0 Å². The Morgan fingerprint density at radius 1 is 0.328 bits per heavy atom. The summed E-state index contributed by atoms with van der Waals surface area (Å²) in [7, 11) is 0. The van der Waals surface area contributed by atoms with E-state index >= 15 is 0 Å². The van der Waals surface area contributed by atoms with Crippen LogP contribution in [0.2, 0.25) is 0 Å². The van der Waals surface area contributed by atoms with E-state index < -0.39 is 5.41 Å². The Bertz CT molecular complexity index is 3210. The van der Waals surface area contributed by atoms with Gasteiger partial charge in [-0.3, -0.25) is 0 Å². The van der Waals surface area contributed by atoms with Gasteiger partial charge in [0, 0.05) is 16.9 Å². The van der Waals surface area contributed by atoms with E-state index in [9.17, 15) is 0 Å². The summed E-state index contributed by atoms with van der Waals surface area (Å²) in [6.07, 6.45) is 0. The van der Waals surface area contributed by atoms with Crippen molar-refractivity contribution in [1.82, 2.24) is 0 Å². The Morgan fingerprint density at radius 3 is 1.50 bits per heavy atom. The van der Waals surface area contributed by atoms with Gasteiger partial charge >= 0.3 is 0 Å². The Balaban J connectivity index is 1.16. The fraction of sp³-hybridized carbons (Fsp3) is 0.0526. The normalized spacial score (nSPS) is 13.1. The average molecular weight is 738 g/mol. The second-order valence-electron chi connectivity index (χ2n) is 16.2. The lowest BCUT2D eigenvalue weighted by Gasteiger charge is -2.32. The third-order valence-corrected chi connectivity index (χ3v) is 13.0. The number of aryl methyl sites for hydroxylation is 2. The zero-order valence-corrected chi connectivity index (χ0v) is 32.5. The van der Waals surface area contributed by atoms with Crippen LogP contribution >= 0.6 is 0 Å². The molecule has 1 heteroatoms. The first-order chi connectivity index (χ1) is 28.6. The summed E-state index contributed by atoms with van der Waals surface area (Å²) < 4.78 is 0. The molecule has 2 aliphatic rings. The smallest absolute Gasteiger partial charge is 0.0726 e. The summed E-state index contributed by atoms with van der Waals surface area (Å²) in [4.78, 5) is 2.51. The van der Waals surface area contributed by atoms with Crippen molar-refractivity contribution in [2.75, 3.05) is 4.90 Å². The third-order valence-electron chi connectivity index (χ3n) is 13.0. The van der Waals surface area contributed by atoms with E-state index in [0.29, 0.717) is 0 Å². The van der Waals surface area contributed by atoms with Crippen LogP contribution in [0.1, 0.15) is 33.4 Å². The predicted molar refractivity (Wildman–Crippen MR) is 245 cm³/mol. The number of fused-ring (bicyclic) bond motifs is 16. The van der Waals surface area contributed by atoms with Crippen molar-refractivity contribution < 1.29 is 0 Å². The summed E-state index contributed by atoms with van der Waals surface area (Å²) in [6, 6.07) is 75.0. The molecule has 0 bridgehead atoms. The van der Waals surface area contributed by atoms with Gasteiger partial charge in [0.1, 0.15) is 0 Å². The monoisotopic (exact) mass is 737 g/mol. The number of nitrogens with zero attached hydrogens (tertiary/aromatic N) is 1. The van der Waals surface area contributed by atoms with Gasteiger partial charge in [0.05, 0.1) is 11.1 Å². The van der Waals surface area contributed by atoms with Gasteiger partial charge in [-0.25, -0.2) is 0 Å². The molecule has 0 aromatic heterocycles. The Labute approximate surface area is 339 Å². The minimum atomic E-state index is -0.439. The van der Waals surface area contributed by atoms with Gasteiger partial charge in [-0.2, -0.15) is 0 Å². The first-order valence-corrected chi connectivity index (χ1v) is 20.3. The molecule has 272 valence electrons. The van der Waals surface area contributed by atoms with E-state index in [0.717, 1.165) is 11.4 Å². The molecule has 0 radical (unpaired) electrons. The van der Waals surface area contributed by atoms with Crippen LogP contribution in [0, 0.1) is 13.8 Å². The van der Waals surface area contributed by atoms with Gasteiger partial charge in [0.25, 0.3) is 0 Å². The molecule has 0 saturated carbocycles. The molecule has 12 rings (SSSR count). The average Bonchev–Trinajstić information content (AvgIpc) is 3.74. The predicted octanol–water partition coefficient (Wildman–Crippen LogP) is 15.2. The molecule has 10 aromatic rings. The van der Waals surface area contributed by atoms with E-state index in [-0.39, 0.29) is 0 Å². The van der Waals surface area contributed by atoms with Crippen LogP contribution in [0.15, 0.2) is 200 Å². The highest BCUT2D eigenvalue weighted by atomic mass is 15.1. The second kappa shape index (κ2) is 12.4. The van der Waals surface area contributed by atoms with Crippen LogP contribution < -0.4 is 4.90 Å². The number of benzene rings is 10. The molecular weight excluding hydrogens is 699 g/mol. The van der Waals surface area contributed by atoms with Gasteiger partial charge in [-0.1, -0.05) is 181 Å². The van der Waals surface area contributed by atoms with Crippen molar-refractivity contribution >= 4 is 49.4 Å². The maximum atomic E-state index is 2.51. The van der Waals surface area contributed by atoms with E-state index in [4.69, 9.17) is 0 Å². The molecule has 0 heterocycles. The van der Waals surface area contributed by atoms with Crippen LogP contribution in [-0.4, -0.2) is 0 Å². The van der Waals surface area contributed by atoms with Crippen molar-refractivity contribution in [3.63, 3.8) is 0 Å². The summed E-state index contributed by atoms with van der Waals surface area (Å²) in [5.74, 6) is 0. The standard InChI is InChI=1S/C57H39N/c1-36-23-30-47-48-31-24-37(2)34-54(48)57(53(47)33-36)51-20-11-10-19-49(51)56-52(57)21-12-22-55(56)58(40-27-25-39(26-28-40)38-13-4-3-5-14-38)41-29-32-46-44-17-7-6-15-42(44)43-16-8-9-18-45(43)50(46)35-41/h3-35H,1-2H3. The summed E-state index contributed by atoms with van der Waals surface area (Å²) in [5.41, 5.74) is 18.6. The molecular formula is C57H39N. The van der Waals surface area contributed by atoms with Gasteiger partial charge in [0.15, 0.2) is 0 Å². The van der Waals surface area contributed by atoms with E-state index in [1.54, 1.807) is 0 Å². The zero-order chi connectivity index (χ0) is 38.5. The molecule has 0 aliphatic heterocycles. The summed E-state index contributed by atoms with van der Waals surface area (Å²) >= 11 is 0. The first-order valence-electron chi connectivity index (χ1n) is 20.3. The fourth-order valence-corrected chi connectivity index (χ4v) is 10.5. The SMILES string of the molecule is Cc1ccc2c(c1)C1(c3cc(C)ccc3-2)c2ccccc2-c2c(N(c3ccc(-c4ccccc4)cc3)c3ccc4c5ccccc5c5ccccc5c4c3)cccc21. The van der Waals surface area contributed by atoms with Crippen molar-refractivity contribution in [1.29, 1.82) is 0 Å². The van der Waals surface area contributed by atoms with Crippen molar-refractivity contribution in [3.05, 3.63) is 234 Å². The highest BCUT2D eigenvalue weighted by molar-refractivity contribution is 6.26. The molecule has 0 fully saturated rings.